The molecule has 0 aliphatic heterocycles. The predicted octanol–water partition coefficient (Wildman–Crippen LogP) is 2.96. The van der Waals surface area contributed by atoms with E-state index in [-0.39, 0.29) is 23.2 Å². The van der Waals surface area contributed by atoms with Gasteiger partial charge in [0.25, 0.3) is 11.6 Å². The molecule has 1 atom stereocenters. The van der Waals surface area contributed by atoms with Gasteiger partial charge in [-0.25, -0.2) is 4.98 Å². The summed E-state index contributed by atoms with van der Waals surface area (Å²) < 4.78 is 0.480. The molecule has 110 valence electrons. The zero-order chi connectivity index (χ0) is 15.4. The van der Waals surface area contributed by atoms with Gasteiger partial charge in [0.2, 0.25) is 0 Å². The zero-order valence-corrected chi connectivity index (χ0v) is 12.8. The fraction of sp³-hybridized carbons (Fsp3) is 0.231. The first-order valence-electron chi connectivity index (χ1n) is 6.26. The Bertz CT molecular complexity index is 657. The molecule has 0 fully saturated rings. The number of non-ortho nitro benzene ring substituents is 1. The van der Waals surface area contributed by atoms with E-state index < -0.39 is 4.92 Å². The molecule has 0 spiro atoms. The second-order valence-electron chi connectivity index (χ2n) is 4.36. The van der Waals surface area contributed by atoms with Crippen molar-refractivity contribution in [2.45, 2.75) is 19.4 Å². The summed E-state index contributed by atoms with van der Waals surface area (Å²) in [6.07, 6.45) is 3.93. The molecule has 7 nitrogen and oxygen atoms in total. The monoisotopic (exact) mass is 352 g/mol. The molecular weight excluding hydrogens is 340 g/mol. The van der Waals surface area contributed by atoms with Crippen molar-refractivity contribution in [2.24, 2.45) is 0 Å². The van der Waals surface area contributed by atoms with E-state index in [1.54, 1.807) is 12.4 Å². The van der Waals surface area contributed by atoms with Gasteiger partial charge in [-0.05, 0) is 12.5 Å². The number of hydrogen-bond acceptors (Lipinski definition) is 4. The first kappa shape index (κ1) is 15.2. The predicted molar refractivity (Wildman–Crippen MR) is 79.9 cm³/mol. The van der Waals surface area contributed by atoms with Crippen molar-refractivity contribution in [1.29, 1.82) is 0 Å². The molecule has 0 aliphatic rings. The van der Waals surface area contributed by atoms with Crippen molar-refractivity contribution < 1.29 is 9.72 Å². The van der Waals surface area contributed by atoms with Gasteiger partial charge >= 0.3 is 0 Å². The average molecular weight is 353 g/mol. The van der Waals surface area contributed by atoms with Crippen LogP contribution < -0.4 is 5.32 Å². The Morgan fingerprint density at radius 1 is 1.52 bits per heavy atom. The van der Waals surface area contributed by atoms with Gasteiger partial charge in [-0.15, -0.1) is 0 Å². The molecule has 1 aromatic heterocycles. The van der Waals surface area contributed by atoms with E-state index in [1.807, 2.05) is 6.92 Å². The number of benzene rings is 1. The number of nitro benzene ring substituents is 1. The Labute approximate surface area is 129 Å². The summed E-state index contributed by atoms with van der Waals surface area (Å²) in [6.45, 7) is 1.91. The quantitative estimate of drug-likeness (QED) is 0.637. The van der Waals surface area contributed by atoms with E-state index in [2.05, 4.69) is 31.2 Å². The Morgan fingerprint density at radius 3 is 2.86 bits per heavy atom. The molecule has 0 radical (unpaired) electrons. The van der Waals surface area contributed by atoms with Crippen LogP contribution in [-0.4, -0.2) is 20.8 Å². The maximum atomic E-state index is 12.2. The second kappa shape index (κ2) is 6.49. The van der Waals surface area contributed by atoms with Crippen LogP contribution in [0.2, 0.25) is 0 Å². The van der Waals surface area contributed by atoms with Gasteiger partial charge in [-0.1, -0.05) is 22.9 Å². The minimum atomic E-state index is -0.536. The number of carbonyl (C=O) groups is 1. The number of rotatable bonds is 5. The van der Waals surface area contributed by atoms with Crippen molar-refractivity contribution in [3.05, 3.63) is 56.6 Å². The lowest BCUT2D eigenvalue weighted by molar-refractivity contribution is -0.385. The van der Waals surface area contributed by atoms with E-state index in [0.29, 0.717) is 16.7 Å². The Balaban J connectivity index is 2.22. The van der Waals surface area contributed by atoms with Crippen LogP contribution in [0.4, 0.5) is 5.69 Å². The molecule has 0 aliphatic carbocycles. The molecule has 1 aromatic carbocycles. The average Bonchev–Trinajstić information content (AvgIpc) is 2.97. The number of nitrogens with one attached hydrogen (secondary N) is 2. The Kier molecular flexibility index (Phi) is 4.69. The third-order valence-corrected chi connectivity index (χ3v) is 3.38. The maximum absolute atomic E-state index is 12.2. The van der Waals surface area contributed by atoms with Crippen LogP contribution in [0.15, 0.2) is 35.1 Å². The van der Waals surface area contributed by atoms with E-state index >= 15 is 0 Å². The Morgan fingerprint density at radius 2 is 2.29 bits per heavy atom. The fourth-order valence-electron chi connectivity index (χ4n) is 1.88. The number of aromatic amines is 1. The number of H-pyrrole nitrogens is 1. The molecule has 1 unspecified atom stereocenters. The standard InChI is InChI=1S/C13H13BrN4O3/c1-2-11(12-15-3-4-16-12)17-13(19)8-5-9(14)7-10(6-8)18(20)21/h3-7,11H,2H2,1H3,(H,15,16)(H,17,19). The number of halogens is 1. The molecular formula is C13H13BrN4O3. The van der Waals surface area contributed by atoms with Crippen molar-refractivity contribution in [3.8, 4) is 0 Å². The number of nitrogens with zero attached hydrogens (tertiary/aromatic N) is 2. The first-order chi connectivity index (χ1) is 10.0. The minimum absolute atomic E-state index is 0.138. The van der Waals surface area contributed by atoms with Gasteiger partial charge in [0.05, 0.1) is 11.0 Å². The van der Waals surface area contributed by atoms with Gasteiger partial charge < -0.3 is 10.3 Å². The highest BCUT2D eigenvalue weighted by Gasteiger charge is 2.18. The van der Waals surface area contributed by atoms with E-state index in [4.69, 9.17) is 0 Å². The van der Waals surface area contributed by atoms with E-state index in [9.17, 15) is 14.9 Å². The molecule has 8 heteroatoms. The molecule has 2 aromatic rings. The highest BCUT2D eigenvalue weighted by molar-refractivity contribution is 9.10. The van der Waals surface area contributed by atoms with Crippen LogP contribution in [0.25, 0.3) is 0 Å². The molecule has 0 saturated carbocycles. The van der Waals surface area contributed by atoms with E-state index in [0.717, 1.165) is 0 Å². The summed E-state index contributed by atoms with van der Waals surface area (Å²) in [6, 6.07) is 3.86. The molecule has 0 bridgehead atoms. The highest BCUT2D eigenvalue weighted by Crippen LogP contribution is 2.22. The second-order valence-corrected chi connectivity index (χ2v) is 5.28. The number of imidazole rings is 1. The van der Waals surface area contributed by atoms with Crippen LogP contribution >= 0.6 is 15.9 Å². The fourth-order valence-corrected chi connectivity index (χ4v) is 2.37. The highest BCUT2D eigenvalue weighted by atomic mass is 79.9. The van der Waals surface area contributed by atoms with Crippen molar-refractivity contribution in [3.63, 3.8) is 0 Å². The van der Waals surface area contributed by atoms with Gasteiger partial charge in [0, 0.05) is 34.6 Å². The maximum Gasteiger partial charge on any atom is 0.271 e. The molecule has 2 N–H and O–H groups in total. The largest absolute Gasteiger partial charge is 0.347 e. The van der Waals surface area contributed by atoms with Gasteiger partial charge in [-0.2, -0.15) is 0 Å². The lowest BCUT2D eigenvalue weighted by Crippen LogP contribution is -2.29. The van der Waals surface area contributed by atoms with Crippen LogP contribution in [0, 0.1) is 10.1 Å². The smallest absolute Gasteiger partial charge is 0.271 e. The molecule has 0 saturated heterocycles. The van der Waals surface area contributed by atoms with Crippen molar-refractivity contribution >= 4 is 27.5 Å². The third kappa shape index (κ3) is 3.66. The van der Waals surface area contributed by atoms with Crippen molar-refractivity contribution in [2.75, 3.05) is 0 Å². The normalized spacial score (nSPS) is 11.9. The third-order valence-electron chi connectivity index (χ3n) is 2.92. The number of nitro groups is 1. The topological polar surface area (TPSA) is 101 Å². The minimum Gasteiger partial charge on any atom is -0.347 e. The molecule has 1 amide bonds. The molecule has 21 heavy (non-hydrogen) atoms. The molecule has 2 rings (SSSR count). The van der Waals surface area contributed by atoms with E-state index in [1.165, 1.54) is 18.2 Å². The summed E-state index contributed by atoms with van der Waals surface area (Å²) in [4.78, 5) is 29.6. The van der Waals surface area contributed by atoms with Gasteiger partial charge in [0.15, 0.2) is 0 Å². The Hall–Kier alpha value is -2.22. The summed E-state index contributed by atoms with van der Waals surface area (Å²) >= 11 is 3.17. The number of carbonyl (C=O) groups excluding carboxylic acids is 1. The number of amides is 1. The number of aromatic nitrogens is 2. The van der Waals surface area contributed by atoms with Crippen LogP contribution in [0.1, 0.15) is 35.6 Å². The van der Waals surface area contributed by atoms with Gasteiger partial charge in [0.1, 0.15) is 5.82 Å². The van der Waals surface area contributed by atoms with Crippen LogP contribution in [-0.2, 0) is 0 Å². The van der Waals surface area contributed by atoms with Crippen LogP contribution in [0.5, 0.6) is 0 Å². The SMILES string of the molecule is CCC(NC(=O)c1cc(Br)cc([N+](=O)[O-])c1)c1ncc[nH]1. The lowest BCUT2D eigenvalue weighted by atomic mass is 10.1. The number of hydrogen-bond donors (Lipinski definition) is 2. The summed E-state index contributed by atoms with van der Waals surface area (Å²) in [5, 5.41) is 13.6. The summed E-state index contributed by atoms with van der Waals surface area (Å²) in [7, 11) is 0. The summed E-state index contributed by atoms with van der Waals surface area (Å²) in [5.74, 6) is 0.262. The van der Waals surface area contributed by atoms with Crippen molar-refractivity contribution in [1.82, 2.24) is 15.3 Å². The van der Waals surface area contributed by atoms with Gasteiger partial charge in [-0.3, -0.25) is 14.9 Å². The van der Waals surface area contributed by atoms with Crippen LogP contribution in [0.3, 0.4) is 0 Å². The molecule has 1 heterocycles. The first-order valence-corrected chi connectivity index (χ1v) is 7.05. The summed E-state index contributed by atoms with van der Waals surface area (Å²) in [5.41, 5.74) is 0.0849. The lowest BCUT2D eigenvalue weighted by Gasteiger charge is -2.14. The zero-order valence-electron chi connectivity index (χ0n) is 11.2.